The van der Waals surface area contributed by atoms with Gasteiger partial charge in [-0.05, 0) is 34.7 Å². The molecule has 0 aliphatic rings. The second-order valence-corrected chi connectivity index (χ2v) is 5.25. The molecule has 0 amide bonds. The van der Waals surface area contributed by atoms with Gasteiger partial charge in [-0.15, -0.1) is 0 Å². The smallest absolute Gasteiger partial charge is 0.314 e. The van der Waals surface area contributed by atoms with E-state index in [1.165, 1.54) is 12.1 Å². The molecule has 0 aromatic heterocycles. The average Bonchev–Trinajstić information content (AvgIpc) is 2.49. The number of hydrogen-bond acceptors (Lipinski definition) is 5. The van der Waals surface area contributed by atoms with Crippen molar-refractivity contribution in [2.24, 2.45) is 5.73 Å². The van der Waals surface area contributed by atoms with E-state index in [2.05, 4.69) is 0 Å². The highest BCUT2D eigenvalue weighted by Gasteiger charge is 2.21. The molecule has 2 aromatic carbocycles. The van der Waals surface area contributed by atoms with Crippen LogP contribution in [0.4, 0.5) is 5.69 Å². The molecule has 106 valence electrons. The maximum atomic E-state index is 11.2. The zero-order valence-corrected chi connectivity index (χ0v) is 12.9. The highest BCUT2D eigenvalue weighted by atomic mass is 127. The van der Waals surface area contributed by atoms with Gasteiger partial charge in [0.25, 0.3) is 0 Å². The zero-order chi connectivity index (χ0) is 15.4. The number of ether oxygens (including phenoxy) is 1. The number of nitro groups is 1. The molecule has 0 fully saturated rings. The van der Waals surface area contributed by atoms with Crippen LogP contribution in [0.25, 0.3) is 0 Å². The number of rotatable bonds is 4. The Balaban J connectivity index is 2.54. The van der Waals surface area contributed by atoms with E-state index >= 15 is 0 Å². The van der Waals surface area contributed by atoms with Gasteiger partial charge in [-0.25, -0.2) is 0 Å². The monoisotopic (exact) mass is 395 g/mol. The van der Waals surface area contributed by atoms with Gasteiger partial charge in [-0.1, -0.05) is 18.2 Å². The van der Waals surface area contributed by atoms with Crippen molar-refractivity contribution >= 4 is 28.3 Å². The summed E-state index contributed by atoms with van der Waals surface area (Å²) in [5.74, 6) is 0.575. The number of halogens is 1. The van der Waals surface area contributed by atoms with E-state index in [9.17, 15) is 10.1 Å². The Morgan fingerprint density at radius 2 is 2.10 bits per heavy atom. The molecule has 0 aliphatic heterocycles. The molecule has 0 heterocycles. The van der Waals surface area contributed by atoms with Crippen molar-refractivity contribution in [1.29, 1.82) is 5.26 Å². The molecule has 0 spiro atoms. The first-order valence-electron chi connectivity index (χ1n) is 5.90. The topological polar surface area (TPSA) is 102 Å². The Hall–Kier alpha value is -2.18. The lowest BCUT2D eigenvalue weighted by Gasteiger charge is -2.11. The van der Waals surface area contributed by atoms with Crippen molar-refractivity contribution in [3.05, 3.63) is 61.2 Å². The summed E-state index contributed by atoms with van der Waals surface area (Å²) in [4.78, 5) is 10.6. The maximum absolute atomic E-state index is 11.2. The summed E-state index contributed by atoms with van der Waals surface area (Å²) >= 11 is 1.91. The Morgan fingerprint density at radius 1 is 1.38 bits per heavy atom. The van der Waals surface area contributed by atoms with E-state index in [0.717, 1.165) is 5.56 Å². The second-order valence-electron chi connectivity index (χ2n) is 4.09. The van der Waals surface area contributed by atoms with Crippen molar-refractivity contribution in [3.63, 3.8) is 0 Å². The summed E-state index contributed by atoms with van der Waals surface area (Å²) in [6, 6.07) is 11.7. The minimum Gasteiger partial charge on any atom is -0.449 e. The highest BCUT2D eigenvalue weighted by molar-refractivity contribution is 14.1. The molecular formula is C14H10IN3O3. The van der Waals surface area contributed by atoms with Crippen molar-refractivity contribution in [2.45, 2.75) is 6.54 Å². The number of nitrogens with zero attached hydrogens (tertiary/aromatic N) is 2. The number of para-hydroxylation sites is 1. The minimum atomic E-state index is -0.566. The minimum absolute atomic E-state index is 0.112. The molecular weight excluding hydrogens is 385 g/mol. The predicted molar refractivity (Wildman–Crippen MR) is 84.9 cm³/mol. The van der Waals surface area contributed by atoms with Crippen LogP contribution < -0.4 is 10.5 Å². The normalized spacial score (nSPS) is 9.95. The molecule has 0 bridgehead atoms. The van der Waals surface area contributed by atoms with E-state index in [-0.39, 0.29) is 23.5 Å². The zero-order valence-electron chi connectivity index (χ0n) is 10.7. The SMILES string of the molecule is N#Cc1cc(I)c(Oc2ccccc2CN)c([N+](=O)[O-])c1. The average molecular weight is 395 g/mol. The molecule has 0 saturated carbocycles. The van der Waals surface area contributed by atoms with Crippen LogP contribution >= 0.6 is 22.6 Å². The molecule has 0 radical (unpaired) electrons. The number of benzene rings is 2. The number of hydrogen-bond donors (Lipinski definition) is 1. The van der Waals surface area contributed by atoms with Crippen LogP contribution in [0.5, 0.6) is 11.5 Å². The van der Waals surface area contributed by atoms with E-state index in [1.807, 2.05) is 34.7 Å². The third kappa shape index (κ3) is 3.29. The lowest BCUT2D eigenvalue weighted by molar-refractivity contribution is -0.385. The highest BCUT2D eigenvalue weighted by Crippen LogP contribution is 2.37. The molecule has 2 N–H and O–H groups in total. The first-order valence-corrected chi connectivity index (χ1v) is 6.98. The van der Waals surface area contributed by atoms with Crippen LogP contribution in [0, 0.1) is 25.0 Å². The summed E-state index contributed by atoms with van der Waals surface area (Å²) in [6.45, 7) is 0.261. The van der Waals surface area contributed by atoms with Gasteiger partial charge >= 0.3 is 5.69 Å². The number of nitrogens with two attached hydrogens (primary N) is 1. The van der Waals surface area contributed by atoms with Crippen LogP contribution in [-0.2, 0) is 6.54 Å². The predicted octanol–water partition coefficient (Wildman–Crippen LogP) is 3.32. The van der Waals surface area contributed by atoms with Gasteiger partial charge in [0.1, 0.15) is 5.75 Å². The lowest BCUT2D eigenvalue weighted by atomic mass is 10.2. The van der Waals surface area contributed by atoms with Gasteiger partial charge in [0, 0.05) is 18.2 Å². The summed E-state index contributed by atoms with van der Waals surface area (Å²) in [5, 5.41) is 20.1. The first kappa shape index (κ1) is 15.2. The van der Waals surface area contributed by atoms with Crippen LogP contribution in [0.15, 0.2) is 36.4 Å². The molecule has 21 heavy (non-hydrogen) atoms. The lowest BCUT2D eigenvalue weighted by Crippen LogP contribution is -2.01. The van der Waals surface area contributed by atoms with Gasteiger partial charge in [0.2, 0.25) is 5.75 Å². The third-order valence-corrected chi connectivity index (χ3v) is 3.56. The Labute approximate surface area is 134 Å². The Bertz CT molecular complexity index is 741. The van der Waals surface area contributed by atoms with E-state index < -0.39 is 4.92 Å². The van der Waals surface area contributed by atoms with Crippen LogP contribution in [0.1, 0.15) is 11.1 Å². The maximum Gasteiger partial charge on any atom is 0.314 e. The van der Waals surface area contributed by atoms with Crippen LogP contribution in [0.3, 0.4) is 0 Å². The largest absolute Gasteiger partial charge is 0.449 e. The number of nitro benzene ring substituents is 1. The Morgan fingerprint density at radius 3 is 2.71 bits per heavy atom. The molecule has 0 unspecified atom stereocenters. The molecule has 7 heteroatoms. The van der Waals surface area contributed by atoms with Gasteiger partial charge in [-0.2, -0.15) is 5.26 Å². The van der Waals surface area contributed by atoms with Crippen LogP contribution in [0.2, 0.25) is 0 Å². The molecule has 0 atom stereocenters. The second kappa shape index (κ2) is 6.51. The van der Waals surface area contributed by atoms with Crippen molar-refractivity contribution in [3.8, 4) is 17.6 Å². The van der Waals surface area contributed by atoms with Crippen LogP contribution in [-0.4, -0.2) is 4.92 Å². The van der Waals surface area contributed by atoms with Gasteiger partial charge < -0.3 is 10.5 Å². The summed E-state index contributed by atoms with van der Waals surface area (Å²) in [5.41, 5.74) is 6.34. The summed E-state index contributed by atoms with van der Waals surface area (Å²) in [7, 11) is 0. The molecule has 6 nitrogen and oxygen atoms in total. The summed E-state index contributed by atoms with van der Waals surface area (Å²) in [6.07, 6.45) is 0. The first-order chi connectivity index (χ1) is 10.1. The molecule has 0 saturated heterocycles. The molecule has 2 rings (SSSR count). The third-order valence-electron chi connectivity index (χ3n) is 2.75. The van der Waals surface area contributed by atoms with Gasteiger partial charge in [0.15, 0.2) is 0 Å². The van der Waals surface area contributed by atoms with Crippen molar-refractivity contribution in [1.82, 2.24) is 0 Å². The fourth-order valence-electron chi connectivity index (χ4n) is 1.76. The summed E-state index contributed by atoms with van der Waals surface area (Å²) < 4.78 is 6.18. The standard InChI is InChI=1S/C14H10IN3O3/c15-11-5-9(7-16)6-12(18(19)20)14(11)21-13-4-2-1-3-10(13)8-17/h1-6H,8,17H2. The fraction of sp³-hybridized carbons (Fsp3) is 0.0714. The number of nitriles is 1. The Kier molecular flexibility index (Phi) is 4.72. The van der Waals surface area contributed by atoms with E-state index in [4.69, 9.17) is 15.7 Å². The van der Waals surface area contributed by atoms with Gasteiger partial charge in [-0.3, -0.25) is 10.1 Å². The molecule has 2 aromatic rings. The van der Waals surface area contributed by atoms with Crippen molar-refractivity contribution < 1.29 is 9.66 Å². The quantitative estimate of drug-likeness (QED) is 0.486. The van der Waals surface area contributed by atoms with E-state index in [0.29, 0.717) is 9.32 Å². The van der Waals surface area contributed by atoms with E-state index in [1.54, 1.807) is 18.2 Å². The fourth-order valence-corrected chi connectivity index (χ4v) is 2.48. The van der Waals surface area contributed by atoms with Crippen molar-refractivity contribution in [2.75, 3.05) is 0 Å². The molecule has 0 aliphatic carbocycles. The van der Waals surface area contributed by atoms with Gasteiger partial charge in [0.05, 0.1) is 20.1 Å².